The van der Waals surface area contributed by atoms with Gasteiger partial charge in [-0.25, -0.2) is 10.2 Å². The third-order valence-electron chi connectivity index (χ3n) is 19.1. The van der Waals surface area contributed by atoms with Gasteiger partial charge >= 0.3 is 11.9 Å². The average molecular weight is 1780 g/mol. The zero-order valence-corrected chi connectivity index (χ0v) is 69.1. The Bertz CT molecular complexity index is 4690. The molecule has 7 rings (SSSR count). The Morgan fingerprint density at radius 1 is 0.520 bits per heavy atom. The number of pyridine rings is 1. The lowest BCUT2D eigenvalue weighted by molar-refractivity contribution is -0.432. The van der Waals surface area contributed by atoms with Crippen molar-refractivity contribution < 1.29 is 102 Å². The first-order valence-corrected chi connectivity index (χ1v) is 40.8. The summed E-state index contributed by atoms with van der Waals surface area (Å²) in [5.41, 5.74) is 15.2. The number of hydrazone groups is 1. The van der Waals surface area contributed by atoms with Crippen LogP contribution in [0, 0.1) is 10.8 Å². The Balaban J connectivity index is 0.0000249. The summed E-state index contributed by atoms with van der Waals surface area (Å²) >= 11 is 0.713. The molecule has 0 radical (unpaired) electrons. The van der Waals surface area contributed by atoms with Crippen molar-refractivity contribution in [1.29, 1.82) is 10.8 Å². The highest BCUT2D eigenvalue weighted by atomic mass is 32.2. The van der Waals surface area contributed by atoms with Gasteiger partial charge in [0.1, 0.15) is 65.9 Å². The van der Waals surface area contributed by atoms with Gasteiger partial charge in [0.05, 0.1) is 49.8 Å². The van der Waals surface area contributed by atoms with Crippen LogP contribution in [-0.2, 0) is 94.1 Å². The minimum Gasteiger partial charge on any atom is -0.481 e. The summed E-state index contributed by atoms with van der Waals surface area (Å²) in [4.78, 5) is 226. The molecule has 4 aromatic carbocycles. The van der Waals surface area contributed by atoms with E-state index in [1.54, 1.807) is 115 Å². The highest BCUT2D eigenvalue weighted by molar-refractivity contribution is 7.94. The molecule has 0 bridgehead atoms. The van der Waals surface area contributed by atoms with Crippen molar-refractivity contribution in [1.82, 2.24) is 90.1 Å². The minimum atomic E-state index is -1.75. The summed E-state index contributed by atoms with van der Waals surface area (Å²) in [6.45, 7) is -1.73. The van der Waals surface area contributed by atoms with Gasteiger partial charge < -0.3 is 107 Å². The van der Waals surface area contributed by atoms with Crippen molar-refractivity contribution in [3.63, 3.8) is 0 Å². The fraction of sp³-hybridized carbons (Fsp3) is 0.390. The molecule has 9 atom stereocenters. The van der Waals surface area contributed by atoms with Crippen LogP contribution < -0.4 is 102 Å². The molecular weight excluding hydrogens is 1680 g/mol. The number of anilines is 1. The van der Waals surface area contributed by atoms with Gasteiger partial charge in [0.15, 0.2) is 11.9 Å². The van der Waals surface area contributed by atoms with Crippen LogP contribution in [0.2, 0.25) is 0 Å². The monoisotopic (exact) mass is 1780 g/mol. The molecular formula is C82H107N23O21S. The summed E-state index contributed by atoms with van der Waals surface area (Å²) < 4.78 is 4.55. The molecule has 0 spiro atoms. The van der Waals surface area contributed by atoms with Crippen LogP contribution in [-0.4, -0.2) is 227 Å². The van der Waals surface area contributed by atoms with Crippen molar-refractivity contribution in [2.75, 3.05) is 44.7 Å². The molecule has 5 aromatic rings. The molecule has 1 aromatic heterocycles. The Kier molecular flexibility index (Phi) is 43.3. The topological polar surface area (TPSA) is 682 Å². The SMILES string of the molecule is C.N=C(N)NCCC[C@@H]1NC(=O)[C@H](CCCCNC(=O)CCC(NC(=O)/C(=C/c2ccccc2)NC(=O)c2ccc(NN=Cc3ccccc3SOOO)nc2)C(=O)NCCCC[C@@H]2NC(=O)[C@@H](Cc3ccccc3)NC(=O)[C@H](CC(=O)O)NC(=O)CNC(=O)[C@H](CCCNC(=N)N)NC2=O)NC(=O)[C@@H](Cc2ccccc2)NC(=O)[C@H](CC(=O)O)NC(=O)CNC1=O. The maximum Gasteiger partial charge on any atom is 0.305 e. The maximum atomic E-state index is 14.8. The van der Waals surface area contributed by atoms with Crippen molar-refractivity contribution in [2.24, 2.45) is 16.6 Å². The number of rotatable bonds is 41. The Morgan fingerprint density at radius 2 is 0.953 bits per heavy atom. The number of nitrogens with one attached hydrogen (secondary N) is 19. The number of carbonyl (C=O) groups excluding carboxylic acids is 14. The average Bonchev–Trinajstić information content (AvgIpc) is 1.69. The number of nitrogens with two attached hydrogens (primary N) is 2. The molecule has 45 heteroatoms. The van der Waals surface area contributed by atoms with E-state index in [-0.39, 0.29) is 134 Å². The van der Waals surface area contributed by atoms with Gasteiger partial charge in [0, 0.05) is 62.1 Å². The first-order valence-electron chi connectivity index (χ1n) is 40.1. The van der Waals surface area contributed by atoms with Gasteiger partial charge in [-0.2, -0.15) is 5.10 Å². The number of benzene rings is 4. The Hall–Kier alpha value is -14.5. The van der Waals surface area contributed by atoms with Crippen molar-refractivity contribution in [2.45, 2.75) is 169 Å². The van der Waals surface area contributed by atoms with Crippen LogP contribution >= 0.6 is 12.0 Å². The number of unbranched alkanes of at least 4 members (excludes halogenated alkanes) is 2. The second kappa shape index (κ2) is 54.2. The number of aliphatic carboxylic acids is 2. The van der Waals surface area contributed by atoms with E-state index in [1.807, 2.05) is 0 Å². The molecule has 127 heavy (non-hydrogen) atoms. The Labute approximate surface area is 733 Å². The fourth-order valence-corrected chi connectivity index (χ4v) is 13.1. The van der Waals surface area contributed by atoms with Crippen molar-refractivity contribution in [3.05, 3.63) is 167 Å². The number of carboxylic acids is 2. The van der Waals surface area contributed by atoms with Crippen LogP contribution in [0.15, 0.2) is 149 Å². The number of hydrogen-bond donors (Lipinski definition) is 24. The zero-order valence-electron chi connectivity index (χ0n) is 68.3. The number of guanidine groups is 2. The quantitative estimate of drug-likeness (QED) is 0.00394. The van der Waals surface area contributed by atoms with E-state index in [0.29, 0.717) is 39.2 Å². The van der Waals surface area contributed by atoms with Crippen LogP contribution in [0.5, 0.6) is 0 Å². The molecule has 2 saturated heterocycles. The molecule has 682 valence electrons. The molecule has 2 aliphatic heterocycles. The van der Waals surface area contributed by atoms with Gasteiger partial charge in [0.2, 0.25) is 70.9 Å². The first-order chi connectivity index (χ1) is 60.5. The summed E-state index contributed by atoms with van der Waals surface area (Å²) in [5.74, 6) is -16.5. The highest BCUT2D eigenvalue weighted by Crippen LogP contribution is 2.23. The van der Waals surface area contributed by atoms with E-state index < -0.39 is 193 Å². The van der Waals surface area contributed by atoms with Crippen molar-refractivity contribution >= 4 is 137 Å². The molecule has 0 aliphatic carbocycles. The second-order valence-electron chi connectivity index (χ2n) is 28.8. The van der Waals surface area contributed by atoms with E-state index in [9.17, 15) is 86.9 Å². The van der Waals surface area contributed by atoms with Crippen LogP contribution in [0.4, 0.5) is 5.82 Å². The number of aromatic nitrogens is 1. The van der Waals surface area contributed by atoms with Gasteiger partial charge in [-0.05, 0) is 112 Å². The molecule has 3 heterocycles. The maximum absolute atomic E-state index is 14.8. The predicted molar refractivity (Wildman–Crippen MR) is 461 cm³/mol. The number of carboxylic acid groups (broad SMARTS) is 2. The van der Waals surface area contributed by atoms with Gasteiger partial charge in [-0.15, -0.1) is 4.33 Å². The van der Waals surface area contributed by atoms with Crippen LogP contribution in [0.3, 0.4) is 0 Å². The lowest BCUT2D eigenvalue weighted by atomic mass is 10.0. The third-order valence-corrected chi connectivity index (χ3v) is 19.7. The third kappa shape index (κ3) is 37.2. The van der Waals surface area contributed by atoms with E-state index in [2.05, 4.69) is 110 Å². The number of hydrogen-bond acceptors (Lipinski definition) is 25. The smallest absolute Gasteiger partial charge is 0.305 e. The lowest BCUT2D eigenvalue weighted by Gasteiger charge is -2.26. The summed E-state index contributed by atoms with van der Waals surface area (Å²) in [7, 11) is 0. The van der Waals surface area contributed by atoms with E-state index in [4.69, 9.17) is 27.5 Å². The summed E-state index contributed by atoms with van der Waals surface area (Å²) in [6.07, 6.45) is 0.644. The van der Waals surface area contributed by atoms with Gasteiger partial charge in [-0.1, -0.05) is 122 Å². The fourth-order valence-electron chi connectivity index (χ4n) is 12.6. The largest absolute Gasteiger partial charge is 0.481 e. The predicted octanol–water partition coefficient (Wildman–Crippen LogP) is -1.70. The van der Waals surface area contributed by atoms with Crippen LogP contribution in [0.25, 0.3) is 6.08 Å². The number of carbonyl (C=O) groups is 16. The normalized spacial score (nSPS) is 18.9. The number of amides is 14. The molecule has 1 unspecified atom stereocenters. The van der Waals surface area contributed by atoms with Gasteiger partial charge in [0.25, 0.3) is 11.8 Å². The van der Waals surface area contributed by atoms with Crippen molar-refractivity contribution in [3.8, 4) is 0 Å². The lowest BCUT2D eigenvalue weighted by Crippen LogP contribution is -2.58. The molecule has 14 amide bonds. The second-order valence-corrected chi connectivity index (χ2v) is 29.5. The summed E-state index contributed by atoms with van der Waals surface area (Å²) in [5, 5.41) is 92.0. The van der Waals surface area contributed by atoms with Crippen LogP contribution in [0.1, 0.15) is 130 Å². The Morgan fingerprint density at radius 3 is 1.43 bits per heavy atom. The molecule has 2 aliphatic rings. The molecule has 26 N–H and O–H groups in total. The van der Waals surface area contributed by atoms with E-state index >= 15 is 0 Å². The molecule has 2 fully saturated rings. The zero-order chi connectivity index (χ0) is 91.3. The van der Waals surface area contributed by atoms with E-state index in [1.165, 1.54) is 30.6 Å². The summed E-state index contributed by atoms with van der Waals surface area (Å²) in [6, 6.07) is 20.7. The van der Waals surface area contributed by atoms with Gasteiger partial charge in [-0.3, -0.25) is 93.0 Å². The molecule has 44 nitrogen and oxygen atoms in total. The standard InChI is InChI=1S/C81H103N23O21S.CH4/c82-80(83)88-36-16-27-52-71(114)91-45-65(106)94-60(41-67(108)109)78(121)102-58(39-48-20-6-2-7-21-48)76(119)98-54(73(116)96-52)25-12-14-34-86-64(105)33-31-56(100-75(118)57(38-47-18-4-1-5-19-47)101-69(112)51-30-32-63(90-43-51)104-93-44-50-24-10-11-29-62(50)126-125-124-123)70(113)87-35-15-13-26-55-74(117)97-53(28-17-37-89-81(84)85)72(115)92-46-66(107)95-61(42-68(110)111)79(122)103-59(77(120)99-55)40-49-22-8-3-9-23-49;/h1-11,18-24,29-30,32,38,43-44,52-56,58-61,123H,12-17,25-28,31,33-37,39-42,45-46H2,(H,86,105)(H,87,113)(H,90,104)(H,91,114)(H,92,115)(H,94,106)(H,95,107)(H,96,116)(H,97,117)(H,98,119)(H,99,120)(H,100,118)(H,101,112)(H,102,121)(H,103,122)(H,108,109)(H,110,111)(H4,82,83,88)(H4,84,85,89);1H4/b57-38-,93-44?;/t52-,53-,54-,55-,56?,58+,59+,60-,61-;/m0./s1. The minimum absolute atomic E-state index is 0. The van der Waals surface area contributed by atoms with E-state index in [0.717, 1.165) is 0 Å². The number of nitrogens with zero attached hydrogens (tertiary/aromatic N) is 2. The molecule has 0 saturated carbocycles. The highest BCUT2D eigenvalue weighted by Gasteiger charge is 2.37. The first kappa shape index (κ1) is 101.